The van der Waals surface area contributed by atoms with Crippen LogP contribution in [0.1, 0.15) is 28.1 Å². The predicted octanol–water partition coefficient (Wildman–Crippen LogP) is 3.14. The lowest BCUT2D eigenvalue weighted by Gasteiger charge is -2.02. The number of hydrogen-bond acceptors (Lipinski definition) is 4. The lowest BCUT2D eigenvalue weighted by atomic mass is 10.0. The van der Waals surface area contributed by atoms with E-state index in [1.807, 2.05) is 0 Å². The lowest BCUT2D eigenvalue weighted by Crippen LogP contribution is -1.92. The summed E-state index contributed by atoms with van der Waals surface area (Å²) in [5.74, 6) is 1.02. The van der Waals surface area contributed by atoms with Gasteiger partial charge in [0, 0.05) is 12.6 Å². The van der Waals surface area contributed by atoms with Crippen molar-refractivity contribution in [2.45, 2.75) is 20.3 Å². The van der Waals surface area contributed by atoms with Crippen LogP contribution in [0.4, 0.5) is 0 Å². The molecule has 0 amide bonds. The van der Waals surface area contributed by atoms with Gasteiger partial charge in [-0.2, -0.15) is 10.2 Å². The lowest BCUT2D eigenvalue weighted by molar-refractivity contribution is 0.423. The van der Waals surface area contributed by atoms with Gasteiger partial charge in [0.2, 0.25) is 0 Å². The number of rotatable bonds is 3. The van der Waals surface area contributed by atoms with E-state index in [0.717, 1.165) is 5.56 Å². The molecule has 104 valence electrons. The van der Waals surface area contributed by atoms with Gasteiger partial charge in [0.05, 0.1) is 5.56 Å². The zero-order chi connectivity index (χ0) is 14.8. The van der Waals surface area contributed by atoms with Crippen LogP contribution in [0.5, 0.6) is 0 Å². The van der Waals surface area contributed by atoms with Gasteiger partial charge in [-0.1, -0.05) is 23.4 Å². The van der Waals surface area contributed by atoms with E-state index in [1.54, 1.807) is 12.3 Å². The monoisotopic (exact) mass is 278 g/mol. The second kappa shape index (κ2) is 5.25. The molecule has 2 aromatic heterocycles. The summed E-state index contributed by atoms with van der Waals surface area (Å²) in [5, 5.41) is 12.8. The minimum absolute atomic E-state index is 0.398. The first kappa shape index (κ1) is 13.1. The van der Waals surface area contributed by atoms with Crippen LogP contribution in [0.25, 0.3) is 11.6 Å². The number of aryl methyl sites for hydroxylation is 2. The first-order chi connectivity index (χ1) is 10.2. The van der Waals surface area contributed by atoms with Crippen LogP contribution in [-0.2, 0) is 6.42 Å². The molecule has 5 nitrogen and oxygen atoms in total. The van der Waals surface area contributed by atoms with Crippen LogP contribution in [-0.4, -0.2) is 15.1 Å². The molecule has 1 N–H and O–H groups in total. The van der Waals surface area contributed by atoms with E-state index >= 15 is 0 Å². The molecular formula is C16H14N4O. The number of aromatic nitrogens is 3. The summed E-state index contributed by atoms with van der Waals surface area (Å²) in [5.41, 5.74) is 4.86. The molecule has 5 heteroatoms. The van der Waals surface area contributed by atoms with E-state index in [0.29, 0.717) is 29.4 Å². The van der Waals surface area contributed by atoms with Gasteiger partial charge in [-0.05, 0) is 36.6 Å². The van der Waals surface area contributed by atoms with Crippen molar-refractivity contribution in [3.8, 4) is 17.7 Å². The minimum Gasteiger partial charge on any atom is -0.356 e. The molecule has 0 unspecified atom stereocenters. The Bertz CT molecular complexity index is 823. The summed E-state index contributed by atoms with van der Waals surface area (Å²) < 4.78 is 5.23. The molecule has 0 spiro atoms. The maximum atomic E-state index is 8.81. The van der Waals surface area contributed by atoms with Crippen molar-refractivity contribution < 1.29 is 4.52 Å². The molecule has 2 heterocycles. The Balaban J connectivity index is 1.81. The van der Waals surface area contributed by atoms with Gasteiger partial charge in [0.25, 0.3) is 5.89 Å². The average Bonchev–Trinajstić information content (AvgIpc) is 3.11. The van der Waals surface area contributed by atoms with Crippen molar-refractivity contribution in [3.05, 3.63) is 58.5 Å². The molecule has 0 aliphatic carbocycles. The SMILES string of the molecule is Cc1ccc(Cc2noc(-c3cc(C#N)c[nH]3)n2)cc1C. The van der Waals surface area contributed by atoms with Crippen molar-refractivity contribution in [2.75, 3.05) is 0 Å². The van der Waals surface area contributed by atoms with Crippen molar-refractivity contribution >= 4 is 0 Å². The molecule has 3 rings (SSSR count). The highest BCUT2D eigenvalue weighted by Gasteiger charge is 2.11. The fraction of sp³-hybridized carbons (Fsp3) is 0.188. The molecular weight excluding hydrogens is 264 g/mol. The Labute approximate surface area is 122 Å². The minimum atomic E-state index is 0.398. The molecule has 0 atom stereocenters. The molecule has 0 radical (unpaired) electrons. The van der Waals surface area contributed by atoms with E-state index in [2.05, 4.69) is 53.2 Å². The van der Waals surface area contributed by atoms with Gasteiger partial charge in [-0.3, -0.25) is 0 Å². The largest absolute Gasteiger partial charge is 0.356 e. The maximum Gasteiger partial charge on any atom is 0.274 e. The Hall–Kier alpha value is -2.87. The fourth-order valence-corrected chi connectivity index (χ4v) is 2.11. The highest BCUT2D eigenvalue weighted by atomic mass is 16.5. The van der Waals surface area contributed by atoms with Crippen molar-refractivity contribution in [3.63, 3.8) is 0 Å². The number of hydrogen-bond donors (Lipinski definition) is 1. The molecule has 0 saturated heterocycles. The molecule has 3 aromatic rings. The van der Waals surface area contributed by atoms with Crippen LogP contribution < -0.4 is 0 Å². The second-order valence-electron chi connectivity index (χ2n) is 5.02. The van der Waals surface area contributed by atoms with Crippen LogP contribution in [0.15, 0.2) is 35.0 Å². The standard InChI is InChI=1S/C16H14N4O/c1-10-3-4-12(5-11(10)2)7-15-19-16(21-20-15)14-6-13(8-17)9-18-14/h3-6,9,18H,7H2,1-2H3. The fourth-order valence-electron chi connectivity index (χ4n) is 2.11. The average molecular weight is 278 g/mol. The van der Waals surface area contributed by atoms with Crippen molar-refractivity contribution in [1.29, 1.82) is 5.26 Å². The number of H-pyrrole nitrogens is 1. The zero-order valence-corrected chi connectivity index (χ0v) is 11.8. The van der Waals surface area contributed by atoms with Crippen LogP contribution in [0, 0.1) is 25.2 Å². The van der Waals surface area contributed by atoms with E-state index in [1.165, 1.54) is 11.1 Å². The van der Waals surface area contributed by atoms with E-state index in [-0.39, 0.29) is 0 Å². The van der Waals surface area contributed by atoms with E-state index < -0.39 is 0 Å². The normalized spacial score (nSPS) is 10.5. The van der Waals surface area contributed by atoms with Gasteiger partial charge in [-0.25, -0.2) is 0 Å². The third-order valence-electron chi connectivity index (χ3n) is 3.44. The zero-order valence-electron chi connectivity index (χ0n) is 11.8. The van der Waals surface area contributed by atoms with Gasteiger partial charge in [0.1, 0.15) is 11.8 Å². The Kier molecular flexibility index (Phi) is 3.28. The van der Waals surface area contributed by atoms with E-state index in [9.17, 15) is 0 Å². The summed E-state index contributed by atoms with van der Waals surface area (Å²) in [6, 6.07) is 10.0. The summed E-state index contributed by atoms with van der Waals surface area (Å²) in [7, 11) is 0. The third kappa shape index (κ3) is 2.70. The van der Waals surface area contributed by atoms with Crippen LogP contribution in [0.2, 0.25) is 0 Å². The quantitative estimate of drug-likeness (QED) is 0.798. The molecule has 0 aliphatic rings. The van der Waals surface area contributed by atoms with Gasteiger partial charge < -0.3 is 9.51 Å². The van der Waals surface area contributed by atoms with Crippen LogP contribution in [0.3, 0.4) is 0 Å². The van der Waals surface area contributed by atoms with Crippen molar-refractivity contribution in [1.82, 2.24) is 15.1 Å². The van der Waals surface area contributed by atoms with Crippen LogP contribution >= 0.6 is 0 Å². The Morgan fingerprint density at radius 3 is 2.81 bits per heavy atom. The summed E-state index contributed by atoms with van der Waals surface area (Å²) in [6.07, 6.45) is 2.24. The summed E-state index contributed by atoms with van der Waals surface area (Å²) in [6.45, 7) is 4.17. The van der Waals surface area contributed by atoms with Crippen molar-refractivity contribution in [2.24, 2.45) is 0 Å². The van der Waals surface area contributed by atoms with Gasteiger partial charge in [0.15, 0.2) is 5.82 Å². The number of nitrogens with zero attached hydrogens (tertiary/aromatic N) is 3. The summed E-state index contributed by atoms with van der Waals surface area (Å²) >= 11 is 0. The topological polar surface area (TPSA) is 78.5 Å². The third-order valence-corrected chi connectivity index (χ3v) is 3.44. The molecule has 21 heavy (non-hydrogen) atoms. The van der Waals surface area contributed by atoms with E-state index in [4.69, 9.17) is 9.78 Å². The second-order valence-corrected chi connectivity index (χ2v) is 5.02. The Morgan fingerprint density at radius 2 is 2.10 bits per heavy atom. The highest BCUT2D eigenvalue weighted by molar-refractivity contribution is 5.51. The van der Waals surface area contributed by atoms with Gasteiger partial charge in [-0.15, -0.1) is 0 Å². The molecule has 0 saturated carbocycles. The number of nitrogens with one attached hydrogen (secondary N) is 1. The first-order valence-electron chi connectivity index (χ1n) is 6.63. The molecule has 0 aliphatic heterocycles. The maximum absolute atomic E-state index is 8.81. The van der Waals surface area contributed by atoms with Gasteiger partial charge >= 0.3 is 0 Å². The number of aromatic amines is 1. The number of benzene rings is 1. The summed E-state index contributed by atoms with van der Waals surface area (Å²) in [4.78, 5) is 7.31. The molecule has 0 fully saturated rings. The molecule has 1 aromatic carbocycles. The smallest absolute Gasteiger partial charge is 0.274 e. The highest BCUT2D eigenvalue weighted by Crippen LogP contribution is 2.18. The molecule has 0 bridgehead atoms. The predicted molar refractivity (Wildman–Crippen MR) is 77.5 cm³/mol. The Morgan fingerprint density at radius 1 is 1.24 bits per heavy atom. The number of nitriles is 1. The first-order valence-corrected chi connectivity index (χ1v) is 6.63.